The predicted octanol–water partition coefficient (Wildman–Crippen LogP) is 5.42. The molecular weight excluding hydrogens is 404 g/mol. The Balaban J connectivity index is 1.64. The number of fused-ring (bicyclic) bond motifs is 1. The minimum absolute atomic E-state index is 0.237. The van der Waals surface area contributed by atoms with E-state index in [4.69, 9.17) is 31.5 Å². The molecule has 8 heteroatoms. The van der Waals surface area contributed by atoms with Gasteiger partial charge in [0.2, 0.25) is 5.88 Å². The number of ether oxygens (including phenoxy) is 3. The highest BCUT2D eigenvalue weighted by atomic mass is 35.5. The summed E-state index contributed by atoms with van der Waals surface area (Å²) in [6.07, 6.45) is 1.37. The molecule has 4 rings (SSSR count). The molecule has 0 spiro atoms. The molecule has 4 aromatic rings. The number of methoxy groups -OCH3 is 2. The quantitative estimate of drug-likeness (QED) is 0.428. The molecule has 1 aromatic heterocycles. The lowest BCUT2D eigenvalue weighted by atomic mass is 10.1. The van der Waals surface area contributed by atoms with Crippen molar-refractivity contribution < 1.29 is 14.2 Å². The summed E-state index contributed by atoms with van der Waals surface area (Å²) in [7, 11) is 3.08. The second-order valence-corrected chi connectivity index (χ2v) is 6.77. The molecule has 0 saturated carbocycles. The van der Waals surface area contributed by atoms with Crippen molar-refractivity contribution in [3.63, 3.8) is 0 Å². The Morgan fingerprint density at radius 3 is 2.43 bits per heavy atom. The summed E-state index contributed by atoms with van der Waals surface area (Å²) in [5.74, 6) is 2.23. The summed E-state index contributed by atoms with van der Waals surface area (Å²) in [6.45, 7) is 0. The molecule has 0 aliphatic carbocycles. The van der Waals surface area contributed by atoms with Crippen LogP contribution in [0.25, 0.3) is 10.8 Å². The number of nitrogens with two attached hydrogens (primary N) is 1. The molecule has 7 nitrogen and oxygen atoms in total. The molecule has 1 heterocycles. The van der Waals surface area contributed by atoms with Crippen LogP contribution in [0.2, 0.25) is 5.02 Å². The zero-order chi connectivity index (χ0) is 21.1. The summed E-state index contributed by atoms with van der Waals surface area (Å²) < 4.78 is 16.5. The topological polar surface area (TPSA) is 91.5 Å². The smallest absolute Gasteiger partial charge is 0.248 e. The van der Waals surface area contributed by atoms with E-state index in [0.29, 0.717) is 33.8 Å². The van der Waals surface area contributed by atoms with Crippen molar-refractivity contribution in [3.8, 4) is 23.1 Å². The van der Waals surface area contributed by atoms with Crippen molar-refractivity contribution in [3.05, 3.63) is 65.9 Å². The molecule has 0 atom stereocenters. The molecule has 3 aromatic carbocycles. The van der Waals surface area contributed by atoms with Crippen molar-refractivity contribution in [2.24, 2.45) is 0 Å². The van der Waals surface area contributed by atoms with Gasteiger partial charge in [0.05, 0.1) is 24.9 Å². The second kappa shape index (κ2) is 8.34. The van der Waals surface area contributed by atoms with Gasteiger partial charge in [0.15, 0.2) is 5.82 Å². The van der Waals surface area contributed by atoms with Gasteiger partial charge < -0.3 is 25.3 Å². The molecular formula is C22H19ClN4O3. The number of anilines is 3. The first kappa shape index (κ1) is 19.6. The molecule has 0 radical (unpaired) electrons. The largest absolute Gasteiger partial charge is 0.495 e. The van der Waals surface area contributed by atoms with Crippen LogP contribution in [0.1, 0.15) is 0 Å². The minimum Gasteiger partial charge on any atom is -0.495 e. The third-order valence-electron chi connectivity index (χ3n) is 4.51. The fourth-order valence-corrected chi connectivity index (χ4v) is 3.23. The number of halogens is 1. The van der Waals surface area contributed by atoms with E-state index < -0.39 is 0 Å². The van der Waals surface area contributed by atoms with E-state index in [1.807, 2.05) is 42.5 Å². The maximum Gasteiger partial charge on any atom is 0.248 e. The minimum atomic E-state index is 0.237. The van der Waals surface area contributed by atoms with Crippen LogP contribution in [0, 0.1) is 0 Å². The van der Waals surface area contributed by atoms with Crippen molar-refractivity contribution in [2.45, 2.75) is 0 Å². The average Bonchev–Trinajstić information content (AvgIpc) is 2.76. The van der Waals surface area contributed by atoms with Crippen LogP contribution < -0.4 is 25.3 Å². The lowest BCUT2D eigenvalue weighted by Crippen LogP contribution is -2.04. The van der Waals surface area contributed by atoms with Gasteiger partial charge in [-0.05, 0) is 29.0 Å². The number of aromatic nitrogens is 2. The van der Waals surface area contributed by atoms with Crippen LogP contribution in [0.4, 0.5) is 17.2 Å². The van der Waals surface area contributed by atoms with Crippen LogP contribution in [0.3, 0.4) is 0 Å². The third kappa shape index (κ3) is 3.88. The number of nitrogens with zero attached hydrogens (tertiary/aromatic N) is 2. The molecule has 0 unspecified atom stereocenters. The summed E-state index contributed by atoms with van der Waals surface area (Å²) in [6, 6.07) is 17.1. The molecule has 0 saturated heterocycles. The van der Waals surface area contributed by atoms with Gasteiger partial charge in [0.1, 0.15) is 29.3 Å². The third-order valence-corrected chi connectivity index (χ3v) is 4.81. The van der Waals surface area contributed by atoms with E-state index in [2.05, 4.69) is 15.3 Å². The summed E-state index contributed by atoms with van der Waals surface area (Å²) in [4.78, 5) is 8.38. The van der Waals surface area contributed by atoms with Crippen molar-refractivity contribution in [2.75, 3.05) is 25.3 Å². The SMILES string of the molecule is COc1cc(OC)c(Nc2ncnc(Oc3ccc4ccccc4c3)c2N)cc1Cl. The Morgan fingerprint density at radius 2 is 1.67 bits per heavy atom. The van der Waals surface area contributed by atoms with E-state index in [9.17, 15) is 0 Å². The van der Waals surface area contributed by atoms with Gasteiger partial charge >= 0.3 is 0 Å². The highest BCUT2D eigenvalue weighted by molar-refractivity contribution is 6.32. The van der Waals surface area contributed by atoms with Gasteiger partial charge in [-0.25, -0.2) is 4.98 Å². The number of rotatable bonds is 6. The molecule has 0 aliphatic heterocycles. The number of hydrogen-bond acceptors (Lipinski definition) is 7. The summed E-state index contributed by atoms with van der Waals surface area (Å²) in [5, 5.41) is 5.71. The summed E-state index contributed by atoms with van der Waals surface area (Å²) in [5.41, 5.74) is 7.09. The molecule has 152 valence electrons. The van der Waals surface area contributed by atoms with Gasteiger partial charge in [-0.15, -0.1) is 0 Å². The fourth-order valence-electron chi connectivity index (χ4n) is 2.99. The Morgan fingerprint density at radius 1 is 0.900 bits per heavy atom. The van der Waals surface area contributed by atoms with Gasteiger partial charge in [-0.2, -0.15) is 4.98 Å². The van der Waals surface area contributed by atoms with E-state index in [0.717, 1.165) is 10.8 Å². The zero-order valence-electron chi connectivity index (χ0n) is 16.3. The van der Waals surface area contributed by atoms with Crippen molar-refractivity contribution in [1.29, 1.82) is 0 Å². The van der Waals surface area contributed by atoms with Crippen molar-refractivity contribution in [1.82, 2.24) is 9.97 Å². The van der Waals surface area contributed by atoms with Crippen molar-refractivity contribution >= 4 is 39.6 Å². The van der Waals surface area contributed by atoms with Crippen LogP contribution in [0.15, 0.2) is 60.9 Å². The Hall–Kier alpha value is -3.71. The normalized spacial score (nSPS) is 10.6. The van der Waals surface area contributed by atoms with Gasteiger partial charge in [-0.1, -0.05) is 41.9 Å². The van der Waals surface area contributed by atoms with Crippen LogP contribution in [0.5, 0.6) is 23.1 Å². The maximum atomic E-state index is 6.27. The first-order valence-electron chi connectivity index (χ1n) is 9.04. The second-order valence-electron chi connectivity index (χ2n) is 6.36. The molecule has 0 bridgehead atoms. The van der Waals surface area contributed by atoms with Gasteiger partial charge in [0, 0.05) is 6.07 Å². The summed E-state index contributed by atoms with van der Waals surface area (Å²) >= 11 is 6.24. The van der Waals surface area contributed by atoms with Crippen LogP contribution in [-0.2, 0) is 0 Å². The first-order valence-corrected chi connectivity index (χ1v) is 9.42. The van der Waals surface area contributed by atoms with E-state index in [1.165, 1.54) is 13.4 Å². The number of nitrogens with one attached hydrogen (secondary N) is 1. The Labute approximate surface area is 178 Å². The lowest BCUT2D eigenvalue weighted by molar-refractivity contribution is 0.396. The molecule has 0 amide bonds. The Kier molecular flexibility index (Phi) is 5.45. The highest BCUT2D eigenvalue weighted by Gasteiger charge is 2.15. The number of benzene rings is 3. The monoisotopic (exact) mass is 422 g/mol. The van der Waals surface area contributed by atoms with Gasteiger partial charge in [-0.3, -0.25) is 0 Å². The fraction of sp³-hybridized carbons (Fsp3) is 0.0909. The zero-order valence-corrected chi connectivity index (χ0v) is 17.1. The number of hydrogen-bond donors (Lipinski definition) is 2. The van der Waals surface area contributed by atoms with Crippen LogP contribution >= 0.6 is 11.6 Å². The van der Waals surface area contributed by atoms with E-state index in [-0.39, 0.29) is 11.6 Å². The molecule has 0 aliphatic rings. The standard InChI is InChI=1S/C22H19ClN4O3/c1-28-18-11-19(29-2)17(10-16(18)23)27-21-20(24)22(26-12-25-21)30-15-8-7-13-5-3-4-6-14(13)9-15/h3-12H,24H2,1-2H3,(H,25,26,27). The Bertz CT molecular complexity index is 1220. The molecule has 30 heavy (non-hydrogen) atoms. The predicted molar refractivity (Wildman–Crippen MR) is 118 cm³/mol. The number of nitrogen functional groups attached to an aromatic ring is 1. The highest BCUT2D eigenvalue weighted by Crippen LogP contribution is 2.39. The van der Waals surface area contributed by atoms with E-state index >= 15 is 0 Å². The first-order chi connectivity index (χ1) is 14.6. The maximum absolute atomic E-state index is 6.27. The molecule has 3 N–H and O–H groups in total. The van der Waals surface area contributed by atoms with Crippen LogP contribution in [-0.4, -0.2) is 24.2 Å². The van der Waals surface area contributed by atoms with E-state index in [1.54, 1.807) is 19.2 Å². The lowest BCUT2D eigenvalue weighted by Gasteiger charge is -2.15. The van der Waals surface area contributed by atoms with Gasteiger partial charge in [0.25, 0.3) is 0 Å². The molecule has 0 fully saturated rings. The average molecular weight is 423 g/mol.